The third kappa shape index (κ3) is 4.76. The summed E-state index contributed by atoms with van der Waals surface area (Å²) >= 11 is 0. The van der Waals surface area contributed by atoms with Crippen molar-refractivity contribution in [3.05, 3.63) is 35.1 Å². The first-order chi connectivity index (χ1) is 9.16. The number of amides is 1. The molecule has 20 heavy (non-hydrogen) atoms. The molecule has 1 atom stereocenters. The lowest BCUT2D eigenvalue weighted by molar-refractivity contribution is -0.125. The van der Waals surface area contributed by atoms with Crippen molar-refractivity contribution in [1.82, 2.24) is 10.6 Å². The molecule has 1 heterocycles. The molecule has 3 nitrogen and oxygen atoms in total. The fraction of sp³-hybridized carbons (Fsp3) is 0.533. The highest BCUT2D eigenvalue weighted by atomic mass is 35.5. The van der Waals surface area contributed by atoms with E-state index in [9.17, 15) is 9.18 Å². The van der Waals surface area contributed by atoms with Crippen LogP contribution in [0.1, 0.15) is 24.0 Å². The average molecular weight is 301 g/mol. The molecule has 1 fully saturated rings. The standard InChI is InChI=1S/C15H21FN2O.ClH/c1-11-9-14(16)5-4-12(11)6-8-18-15(19)13-3-2-7-17-10-13;/h4-5,9,13,17H,2-3,6-8,10H2,1H3,(H,18,19);1H. The molecule has 0 bridgehead atoms. The zero-order valence-corrected chi connectivity index (χ0v) is 12.6. The molecule has 1 aromatic carbocycles. The lowest BCUT2D eigenvalue weighted by atomic mass is 9.98. The molecular formula is C15H22ClFN2O. The minimum Gasteiger partial charge on any atom is -0.355 e. The van der Waals surface area contributed by atoms with Gasteiger partial charge in [-0.05, 0) is 56.0 Å². The van der Waals surface area contributed by atoms with Crippen LogP contribution in [-0.2, 0) is 11.2 Å². The van der Waals surface area contributed by atoms with Gasteiger partial charge < -0.3 is 10.6 Å². The highest BCUT2D eigenvalue weighted by molar-refractivity contribution is 5.85. The van der Waals surface area contributed by atoms with E-state index in [4.69, 9.17) is 0 Å². The smallest absolute Gasteiger partial charge is 0.224 e. The minimum absolute atomic E-state index is 0. The Bertz CT molecular complexity index is 447. The fourth-order valence-electron chi connectivity index (χ4n) is 2.48. The third-order valence-corrected chi connectivity index (χ3v) is 3.67. The van der Waals surface area contributed by atoms with E-state index in [0.717, 1.165) is 43.5 Å². The monoisotopic (exact) mass is 300 g/mol. The molecule has 1 aromatic rings. The van der Waals surface area contributed by atoms with Gasteiger partial charge in [-0.25, -0.2) is 4.39 Å². The molecule has 0 aliphatic carbocycles. The molecule has 1 saturated heterocycles. The average Bonchev–Trinajstić information content (AvgIpc) is 2.42. The lowest BCUT2D eigenvalue weighted by Gasteiger charge is -2.21. The van der Waals surface area contributed by atoms with Crippen molar-refractivity contribution in [2.75, 3.05) is 19.6 Å². The molecule has 1 amide bonds. The van der Waals surface area contributed by atoms with Crippen molar-refractivity contribution in [3.63, 3.8) is 0 Å². The van der Waals surface area contributed by atoms with Gasteiger partial charge in [0.15, 0.2) is 0 Å². The number of rotatable bonds is 4. The van der Waals surface area contributed by atoms with Crippen LogP contribution in [0.25, 0.3) is 0 Å². The Kier molecular flexibility index (Phi) is 6.96. The Morgan fingerprint density at radius 1 is 1.50 bits per heavy atom. The van der Waals surface area contributed by atoms with Gasteiger partial charge in [0, 0.05) is 13.1 Å². The van der Waals surface area contributed by atoms with Crippen molar-refractivity contribution in [3.8, 4) is 0 Å². The Morgan fingerprint density at radius 3 is 2.95 bits per heavy atom. The molecule has 0 radical (unpaired) electrons. The number of carbonyl (C=O) groups is 1. The van der Waals surface area contributed by atoms with Gasteiger partial charge >= 0.3 is 0 Å². The predicted octanol–water partition coefficient (Wildman–Crippen LogP) is 2.21. The molecule has 2 rings (SSSR count). The summed E-state index contributed by atoms with van der Waals surface area (Å²) in [6, 6.07) is 4.79. The second-order valence-corrected chi connectivity index (χ2v) is 5.16. The van der Waals surface area contributed by atoms with E-state index in [0.29, 0.717) is 6.54 Å². The second kappa shape index (κ2) is 8.22. The molecule has 0 saturated carbocycles. The molecule has 0 aromatic heterocycles. The highest BCUT2D eigenvalue weighted by Crippen LogP contribution is 2.11. The van der Waals surface area contributed by atoms with E-state index < -0.39 is 0 Å². The molecule has 5 heteroatoms. The number of hydrogen-bond acceptors (Lipinski definition) is 2. The van der Waals surface area contributed by atoms with Crippen LogP contribution in [-0.4, -0.2) is 25.5 Å². The van der Waals surface area contributed by atoms with Gasteiger partial charge in [-0.2, -0.15) is 0 Å². The van der Waals surface area contributed by atoms with Crippen molar-refractivity contribution < 1.29 is 9.18 Å². The molecule has 1 unspecified atom stereocenters. The summed E-state index contributed by atoms with van der Waals surface area (Å²) in [4.78, 5) is 11.9. The first kappa shape index (κ1) is 16.9. The van der Waals surface area contributed by atoms with Gasteiger partial charge in [0.2, 0.25) is 5.91 Å². The van der Waals surface area contributed by atoms with E-state index in [1.807, 2.05) is 6.92 Å². The summed E-state index contributed by atoms with van der Waals surface area (Å²) in [6.45, 7) is 4.30. The quantitative estimate of drug-likeness (QED) is 0.895. The topological polar surface area (TPSA) is 41.1 Å². The van der Waals surface area contributed by atoms with Crippen LogP contribution in [0.15, 0.2) is 18.2 Å². The third-order valence-electron chi connectivity index (χ3n) is 3.67. The molecule has 2 N–H and O–H groups in total. The number of halogens is 2. The van der Waals surface area contributed by atoms with Crippen LogP contribution in [0.5, 0.6) is 0 Å². The normalized spacial score (nSPS) is 18.2. The predicted molar refractivity (Wildman–Crippen MR) is 80.7 cm³/mol. The largest absolute Gasteiger partial charge is 0.355 e. The number of benzene rings is 1. The number of nitrogens with one attached hydrogen (secondary N) is 2. The minimum atomic E-state index is -0.210. The van der Waals surface area contributed by atoms with Crippen LogP contribution in [0, 0.1) is 18.7 Å². The van der Waals surface area contributed by atoms with E-state index in [1.165, 1.54) is 12.1 Å². The molecule has 112 valence electrons. The number of piperidine rings is 1. The number of aryl methyl sites for hydroxylation is 1. The second-order valence-electron chi connectivity index (χ2n) is 5.16. The van der Waals surface area contributed by atoms with Crippen LogP contribution in [0.4, 0.5) is 4.39 Å². The molecule has 1 aliphatic heterocycles. The van der Waals surface area contributed by atoms with Crippen LogP contribution < -0.4 is 10.6 Å². The van der Waals surface area contributed by atoms with Gasteiger partial charge in [0.25, 0.3) is 0 Å². The van der Waals surface area contributed by atoms with Crippen LogP contribution in [0.2, 0.25) is 0 Å². The number of hydrogen-bond donors (Lipinski definition) is 2. The highest BCUT2D eigenvalue weighted by Gasteiger charge is 2.20. The first-order valence-electron chi connectivity index (χ1n) is 6.90. The van der Waals surface area contributed by atoms with Gasteiger partial charge in [-0.1, -0.05) is 6.07 Å². The van der Waals surface area contributed by atoms with Crippen molar-refractivity contribution in [2.24, 2.45) is 5.92 Å². The summed E-state index contributed by atoms with van der Waals surface area (Å²) < 4.78 is 13.0. The van der Waals surface area contributed by atoms with E-state index in [1.54, 1.807) is 6.07 Å². The molecule has 0 spiro atoms. The van der Waals surface area contributed by atoms with Gasteiger partial charge in [-0.3, -0.25) is 4.79 Å². The number of carbonyl (C=O) groups excluding carboxylic acids is 1. The van der Waals surface area contributed by atoms with E-state index in [-0.39, 0.29) is 30.0 Å². The summed E-state index contributed by atoms with van der Waals surface area (Å²) in [5, 5.41) is 6.21. The maximum Gasteiger partial charge on any atom is 0.224 e. The Hall–Kier alpha value is -1.13. The van der Waals surface area contributed by atoms with Crippen LogP contribution >= 0.6 is 12.4 Å². The summed E-state index contributed by atoms with van der Waals surface area (Å²) in [5.74, 6) is 0.0218. The Labute approximate surface area is 125 Å². The summed E-state index contributed by atoms with van der Waals surface area (Å²) in [5.41, 5.74) is 2.03. The SMILES string of the molecule is Cc1cc(F)ccc1CCNC(=O)C1CCCNC1.Cl. The maximum atomic E-state index is 13.0. The van der Waals surface area contributed by atoms with Gasteiger partial charge in [-0.15, -0.1) is 12.4 Å². The van der Waals surface area contributed by atoms with E-state index >= 15 is 0 Å². The Balaban J connectivity index is 0.00000200. The van der Waals surface area contributed by atoms with Gasteiger partial charge in [0.1, 0.15) is 5.82 Å². The fourth-order valence-corrected chi connectivity index (χ4v) is 2.48. The van der Waals surface area contributed by atoms with Crippen molar-refractivity contribution in [2.45, 2.75) is 26.2 Å². The van der Waals surface area contributed by atoms with Gasteiger partial charge in [0.05, 0.1) is 5.92 Å². The molecular weight excluding hydrogens is 279 g/mol. The maximum absolute atomic E-state index is 13.0. The zero-order valence-electron chi connectivity index (χ0n) is 11.7. The van der Waals surface area contributed by atoms with E-state index in [2.05, 4.69) is 10.6 Å². The summed E-state index contributed by atoms with van der Waals surface area (Å²) in [7, 11) is 0. The summed E-state index contributed by atoms with van der Waals surface area (Å²) in [6.07, 6.45) is 2.78. The first-order valence-corrected chi connectivity index (χ1v) is 6.90. The zero-order chi connectivity index (χ0) is 13.7. The lowest BCUT2D eigenvalue weighted by Crippen LogP contribution is -2.41. The molecule has 1 aliphatic rings. The Morgan fingerprint density at radius 2 is 2.30 bits per heavy atom. The van der Waals surface area contributed by atoms with Crippen molar-refractivity contribution in [1.29, 1.82) is 0 Å². The van der Waals surface area contributed by atoms with Crippen LogP contribution in [0.3, 0.4) is 0 Å². The van der Waals surface area contributed by atoms with Crippen molar-refractivity contribution >= 4 is 18.3 Å².